The van der Waals surface area contributed by atoms with Crippen molar-refractivity contribution in [3.8, 4) is 11.5 Å². The average Bonchev–Trinajstić information content (AvgIpc) is 2.51. The van der Waals surface area contributed by atoms with Gasteiger partial charge in [0.25, 0.3) is 0 Å². The lowest BCUT2D eigenvalue weighted by Crippen LogP contribution is -2.29. The van der Waals surface area contributed by atoms with Gasteiger partial charge < -0.3 is 14.6 Å². The monoisotopic (exact) mass is 314 g/mol. The lowest BCUT2D eigenvalue weighted by molar-refractivity contribution is -0.145. The molecule has 0 amide bonds. The molecule has 4 nitrogen and oxygen atoms in total. The highest BCUT2D eigenvalue weighted by Gasteiger charge is 2.21. The largest absolute Gasteiger partial charge is 0.497 e. The molecule has 0 aliphatic heterocycles. The van der Waals surface area contributed by atoms with Crippen molar-refractivity contribution in [2.75, 3.05) is 7.11 Å². The fourth-order valence-electron chi connectivity index (χ4n) is 2.47. The van der Waals surface area contributed by atoms with Crippen molar-refractivity contribution >= 4 is 5.97 Å². The number of methoxy groups -OCH3 is 1. The van der Waals surface area contributed by atoms with Crippen LogP contribution in [0.2, 0.25) is 0 Å². The maximum atomic E-state index is 11.6. The van der Waals surface area contributed by atoms with Gasteiger partial charge in [-0.15, -0.1) is 0 Å². The van der Waals surface area contributed by atoms with E-state index >= 15 is 0 Å². The number of aryl methyl sites for hydroxylation is 2. The summed E-state index contributed by atoms with van der Waals surface area (Å²) in [7, 11) is 1.59. The van der Waals surface area contributed by atoms with Crippen LogP contribution >= 0.6 is 0 Å². The van der Waals surface area contributed by atoms with E-state index < -0.39 is 12.1 Å². The summed E-state index contributed by atoms with van der Waals surface area (Å²) in [4.78, 5) is 11.6. The molecule has 0 bridgehead atoms. The number of hydrogen-bond acceptors (Lipinski definition) is 3. The van der Waals surface area contributed by atoms with E-state index in [1.165, 1.54) is 0 Å². The second-order valence-corrected chi connectivity index (χ2v) is 5.71. The highest BCUT2D eigenvalue weighted by molar-refractivity contribution is 5.73. The van der Waals surface area contributed by atoms with Gasteiger partial charge in [0, 0.05) is 6.42 Å². The molecule has 0 heterocycles. The van der Waals surface area contributed by atoms with Crippen molar-refractivity contribution in [2.24, 2.45) is 0 Å². The lowest BCUT2D eigenvalue weighted by Gasteiger charge is -2.18. The number of carbonyl (C=O) groups is 1. The number of rotatable bonds is 6. The van der Waals surface area contributed by atoms with Crippen LogP contribution in [-0.4, -0.2) is 24.3 Å². The molecule has 122 valence electrons. The van der Waals surface area contributed by atoms with Crippen LogP contribution in [0.3, 0.4) is 0 Å². The molecular formula is C19H22O4. The quantitative estimate of drug-likeness (QED) is 0.883. The summed E-state index contributed by atoms with van der Waals surface area (Å²) in [5, 5.41) is 9.50. The Kier molecular flexibility index (Phi) is 5.27. The van der Waals surface area contributed by atoms with Crippen molar-refractivity contribution in [3.63, 3.8) is 0 Å². The van der Waals surface area contributed by atoms with Crippen molar-refractivity contribution in [1.82, 2.24) is 0 Å². The maximum absolute atomic E-state index is 11.6. The minimum atomic E-state index is -0.980. The zero-order valence-corrected chi connectivity index (χ0v) is 13.9. The third kappa shape index (κ3) is 4.25. The molecule has 0 unspecified atom stereocenters. The van der Waals surface area contributed by atoms with Gasteiger partial charge in [0.1, 0.15) is 11.5 Å². The first-order valence-corrected chi connectivity index (χ1v) is 7.51. The number of benzene rings is 2. The Morgan fingerprint density at radius 3 is 2.57 bits per heavy atom. The van der Waals surface area contributed by atoms with Gasteiger partial charge in [0.15, 0.2) is 6.10 Å². The van der Waals surface area contributed by atoms with E-state index in [0.29, 0.717) is 11.5 Å². The SMILES string of the molecule is COc1cccc(C[C@@H](Oc2cc(C)cc(C)c2C)C(=O)O)c1. The molecule has 0 aliphatic carbocycles. The van der Waals surface area contributed by atoms with Crippen molar-refractivity contribution in [3.05, 3.63) is 58.7 Å². The van der Waals surface area contributed by atoms with Crippen LogP contribution in [0.15, 0.2) is 36.4 Å². The molecule has 1 atom stereocenters. The van der Waals surface area contributed by atoms with E-state index in [2.05, 4.69) is 6.07 Å². The van der Waals surface area contributed by atoms with Crippen LogP contribution in [0.25, 0.3) is 0 Å². The summed E-state index contributed by atoms with van der Waals surface area (Å²) in [5.41, 5.74) is 3.96. The first kappa shape index (κ1) is 16.9. The highest BCUT2D eigenvalue weighted by atomic mass is 16.5. The molecule has 2 aromatic rings. The second-order valence-electron chi connectivity index (χ2n) is 5.71. The van der Waals surface area contributed by atoms with Crippen molar-refractivity contribution in [2.45, 2.75) is 33.3 Å². The van der Waals surface area contributed by atoms with Gasteiger partial charge in [-0.3, -0.25) is 0 Å². The molecule has 2 aromatic carbocycles. The number of aliphatic carboxylic acids is 1. The second kappa shape index (κ2) is 7.18. The van der Waals surface area contributed by atoms with E-state index in [-0.39, 0.29) is 6.42 Å². The fourth-order valence-corrected chi connectivity index (χ4v) is 2.47. The molecular weight excluding hydrogens is 292 g/mol. The summed E-state index contributed by atoms with van der Waals surface area (Å²) in [6.07, 6.45) is -0.666. The van der Waals surface area contributed by atoms with Crippen molar-refractivity contribution < 1.29 is 19.4 Å². The summed E-state index contributed by atoms with van der Waals surface area (Å²) in [6, 6.07) is 11.3. The van der Waals surface area contributed by atoms with Crippen LogP contribution in [0, 0.1) is 20.8 Å². The van der Waals surface area contributed by atoms with Gasteiger partial charge in [0.2, 0.25) is 0 Å². The molecule has 2 rings (SSSR count). The number of carboxylic acids is 1. The van der Waals surface area contributed by atoms with E-state index in [9.17, 15) is 9.90 Å². The Balaban J connectivity index is 2.24. The van der Waals surface area contributed by atoms with Crippen LogP contribution in [0.5, 0.6) is 11.5 Å². The summed E-state index contributed by atoms with van der Waals surface area (Å²) in [5.74, 6) is 0.346. The minimum Gasteiger partial charge on any atom is -0.497 e. The summed E-state index contributed by atoms with van der Waals surface area (Å²) < 4.78 is 11.0. The molecule has 23 heavy (non-hydrogen) atoms. The molecule has 0 saturated heterocycles. The van der Waals surface area contributed by atoms with Crippen LogP contribution in [0.4, 0.5) is 0 Å². The average molecular weight is 314 g/mol. The molecule has 0 radical (unpaired) electrons. The van der Waals surface area contributed by atoms with Gasteiger partial charge in [-0.05, 0) is 61.2 Å². The predicted molar refractivity (Wildman–Crippen MR) is 89.4 cm³/mol. The number of carboxylic acid groups (broad SMARTS) is 1. The molecule has 0 spiro atoms. The van der Waals surface area contributed by atoms with Gasteiger partial charge in [-0.25, -0.2) is 4.79 Å². The maximum Gasteiger partial charge on any atom is 0.345 e. The molecule has 1 N–H and O–H groups in total. The zero-order chi connectivity index (χ0) is 17.0. The first-order valence-electron chi connectivity index (χ1n) is 7.51. The fraction of sp³-hybridized carbons (Fsp3) is 0.316. The third-order valence-electron chi connectivity index (χ3n) is 3.86. The lowest BCUT2D eigenvalue weighted by atomic mass is 10.0. The Hall–Kier alpha value is -2.49. The van der Waals surface area contributed by atoms with Crippen molar-refractivity contribution in [1.29, 1.82) is 0 Å². The minimum absolute atomic E-state index is 0.277. The first-order chi connectivity index (χ1) is 10.9. The molecule has 0 saturated carbocycles. The Morgan fingerprint density at radius 2 is 1.91 bits per heavy atom. The molecule has 0 aromatic heterocycles. The molecule has 0 aliphatic rings. The predicted octanol–water partition coefficient (Wildman–Crippen LogP) is 3.70. The van der Waals surface area contributed by atoms with E-state index in [1.807, 2.05) is 51.1 Å². The third-order valence-corrected chi connectivity index (χ3v) is 3.86. The normalized spacial score (nSPS) is 11.8. The Morgan fingerprint density at radius 1 is 1.17 bits per heavy atom. The van der Waals surface area contributed by atoms with E-state index in [4.69, 9.17) is 9.47 Å². The summed E-state index contributed by atoms with van der Waals surface area (Å²) in [6.45, 7) is 5.90. The highest BCUT2D eigenvalue weighted by Crippen LogP contribution is 2.25. The number of hydrogen-bond donors (Lipinski definition) is 1. The van der Waals surface area contributed by atoms with Crippen LogP contribution in [0.1, 0.15) is 22.3 Å². The summed E-state index contributed by atoms with van der Waals surface area (Å²) >= 11 is 0. The van der Waals surface area contributed by atoms with Gasteiger partial charge in [-0.2, -0.15) is 0 Å². The Bertz CT molecular complexity index is 707. The molecule has 0 fully saturated rings. The smallest absolute Gasteiger partial charge is 0.345 e. The van der Waals surface area contributed by atoms with E-state index in [1.54, 1.807) is 7.11 Å². The number of ether oxygens (including phenoxy) is 2. The standard InChI is InChI=1S/C19H22O4/c1-12-8-13(2)14(3)17(9-12)23-18(19(20)21)11-15-6-5-7-16(10-15)22-4/h5-10,18H,11H2,1-4H3,(H,20,21)/t18-/m1/s1. The van der Waals surface area contributed by atoms with Crippen LogP contribution in [-0.2, 0) is 11.2 Å². The van der Waals surface area contributed by atoms with Gasteiger partial charge in [0.05, 0.1) is 7.11 Å². The zero-order valence-electron chi connectivity index (χ0n) is 13.9. The molecule has 4 heteroatoms. The van der Waals surface area contributed by atoms with Crippen LogP contribution < -0.4 is 9.47 Å². The topological polar surface area (TPSA) is 55.8 Å². The Labute approximate surface area is 136 Å². The van der Waals surface area contributed by atoms with E-state index in [0.717, 1.165) is 22.3 Å². The van der Waals surface area contributed by atoms with Gasteiger partial charge in [-0.1, -0.05) is 18.2 Å². The van der Waals surface area contributed by atoms with Gasteiger partial charge >= 0.3 is 5.97 Å².